The van der Waals surface area contributed by atoms with Crippen LogP contribution >= 0.6 is 0 Å². The quantitative estimate of drug-likeness (QED) is 0.831. The van der Waals surface area contributed by atoms with Crippen LogP contribution in [0.5, 0.6) is 5.75 Å². The molecule has 0 aliphatic rings. The molecule has 0 amide bonds. The molecule has 1 rings (SSSR count). The molecule has 0 heterocycles. The van der Waals surface area contributed by atoms with Crippen LogP contribution in [0.1, 0.15) is 39.7 Å². The van der Waals surface area contributed by atoms with Gasteiger partial charge >= 0.3 is 0 Å². The molecule has 2 heteroatoms. The Balaban J connectivity index is 2.52. The van der Waals surface area contributed by atoms with Crippen molar-refractivity contribution in [3.8, 4) is 5.75 Å². The summed E-state index contributed by atoms with van der Waals surface area (Å²) in [6.45, 7) is 9.57. The minimum Gasteiger partial charge on any atom is -0.492 e. The molecule has 0 aliphatic carbocycles. The van der Waals surface area contributed by atoms with Crippen molar-refractivity contribution in [3.63, 3.8) is 0 Å². The van der Waals surface area contributed by atoms with E-state index in [-0.39, 0.29) is 5.41 Å². The standard InChI is InChI=1S/C16H27NO/c1-6-7-13-8-10-14(11-9-13)18-12-15(17-5)16(2,3)4/h8-11,15,17H,6-7,12H2,1-5H3. The van der Waals surface area contributed by atoms with Crippen molar-refractivity contribution in [1.82, 2.24) is 5.32 Å². The Morgan fingerprint density at radius 1 is 1.17 bits per heavy atom. The molecular formula is C16H27NO. The molecule has 18 heavy (non-hydrogen) atoms. The highest BCUT2D eigenvalue weighted by atomic mass is 16.5. The average Bonchev–Trinajstić information content (AvgIpc) is 2.30. The fourth-order valence-electron chi connectivity index (χ4n) is 1.99. The van der Waals surface area contributed by atoms with Crippen LogP contribution in [0.15, 0.2) is 24.3 Å². The van der Waals surface area contributed by atoms with Gasteiger partial charge in [0.1, 0.15) is 12.4 Å². The Bertz CT molecular complexity index is 337. The van der Waals surface area contributed by atoms with E-state index < -0.39 is 0 Å². The molecule has 0 bridgehead atoms. The Morgan fingerprint density at radius 3 is 2.22 bits per heavy atom. The van der Waals surface area contributed by atoms with Gasteiger partial charge in [-0.3, -0.25) is 0 Å². The smallest absolute Gasteiger partial charge is 0.119 e. The molecule has 102 valence electrons. The number of likely N-dealkylation sites (N-methyl/N-ethyl adjacent to an activating group) is 1. The number of aryl methyl sites for hydroxylation is 1. The first kappa shape index (κ1) is 15.0. The third-order valence-corrected chi connectivity index (χ3v) is 3.27. The molecule has 2 nitrogen and oxygen atoms in total. The lowest BCUT2D eigenvalue weighted by Crippen LogP contribution is -2.42. The summed E-state index contributed by atoms with van der Waals surface area (Å²) in [6.07, 6.45) is 2.33. The number of hydrogen-bond acceptors (Lipinski definition) is 2. The van der Waals surface area contributed by atoms with Crippen LogP contribution in [-0.2, 0) is 6.42 Å². The maximum absolute atomic E-state index is 5.86. The molecule has 1 aromatic rings. The van der Waals surface area contributed by atoms with E-state index >= 15 is 0 Å². The second kappa shape index (κ2) is 6.79. The predicted octanol–water partition coefficient (Wildman–Crippen LogP) is 3.65. The first-order chi connectivity index (χ1) is 8.47. The highest BCUT2D eigenvalue weighted by Gasteiger charge is 2.23. The van der Waals surface area contributed by atoms with Gasteiger partial charge in [0.05, 0.1) is 0 Å². The lowest BCUT2D eigenvalue weighted by Gasteiger charge is -2.30. The predicted molar refractivity (Wildman–Crippen MR) is 78.2 cm³/mol. The third kappa shape index (κ3) is 4.69. The van der Waals surface area contributed by atoms with Gasteiger partial charge in [-0.25, -0.2) is 0 Å². The minimum absolute atomic E-state index is 0.205. The van der Waals surface area contributed by atoms with Crippen molar-refractivity contribution in [2.75, 3.05) is 13.7 Å². The van der Waals surface area contributed by atoms with Crippen molar-refractivity contribution in [3.05, 3.63) is 29.8 Å². The molecular weight excluding hydrogens is 222 g/mol. The number of benzene rings is 1. The zero-order valence-electron chi connectivity index (χ0n) is 12.4. The summed E-state index contributed by atoms with van der Waals surface area (Å²) in [5.74, 6) is 0.958. The van der Waals surface area contributed by atoms with Crippen LogP contribution in [0, 0.1) is 5.41 Å². The molecule has 1 aromatic carbocycles. The number of hydrogen-bond donors (Lipinski definition) is 1. The SMILES string of the molecule is CCCc1ccc(OCC(NC)C(C)(C)C)cc1. The fourth-order valence-corrected chi connectivity index (χ4v) is 1.99. The zero-order valence-corrected chi connectivity index (χ0v) is 12.4. The van der Waals surface area contributed by atoms with E-state index in [1.165, 1.54) is 12.0 Å². The van der Waals surface area contributed by atoms with Gasteiger partial charge in [-0.1, -0.05) is 46.2 Å². The summed E-state index contributed by atoms with van der Waals surface area (Å²) in [5.41, 5.74) is 1.59. The van der Waals surface area contributed by atoms with E-state index in [0.29, 0.717) is 12.6 Å². The van der Waals surface area contributed by atoms with E-state index in [2.05, 4.69) is 57.3 Å². The summed E-state index contributed by atoms with van der Waals surface area (Å²) in [4.78, 5) is 0. The Hall–Kier alpha value is -1.02. The average molecular weight is 249 g/mol. The van der Waals surface area contributed by atoms with Crippen LogP contribution in [0.2, 0.25) is 0 Å². The van der Waals surface area contributed by atoms with Gasteiger partial charge in [0.15, 0.2) is 0 Å². The highest BCUT2D eigenvalue weighted by Crippen LogP contribution is 2.20. The van der Waals surface area contributed by atoms with Crippen molar-refractivity contribution in [2.45, 2.75) is 46.6 Å². The van der Waals surface area contributed by atoms with Crippen molar-refractivity contribution in [2.24, 2.45) is 5.41 Å². The highest BCUT2D eigenvalue weighted by molar-refractivity contribution is 5.27. The maximum atomic E-state index is 5.86. The normalized spacial score (nSPS) is 13.4. The van der Waals surface area contributed by atoms with E-state index in [1.54, 1.807) is 0 Å². The molecule has 0 saturated heterocycles. The van der Waals surface area contributed by atoms with Crippen LogP contribution in [0.3, 0.4) is 0 Å². The molecule has 0 spiro atoms. The van der Waals surface area contributed by atoms with E-state index in [4.69, 9.17) is 4.74 Å². The summed E-state index contributed by atoms with van der Waals surface area (Å²) in [5, 5.41) is 3.32. The van der Waals surface area contributed by atoms with Crippen molar-refractivity contribution >= 4 is 0 Å². The zero-order chi connectivity index (χ0) is 13.6. The summed E-state index contributed by atoms with van der Waals surface area (Å²) in [6, 6.07) is 8.81. The number of nitrogens with one attached hydrogen (secondary N) is 1. The van der Waals surface area contributed by atoms with Crippen molar-refractivity contribution < 1.29 is 4.74 Å². The lowest BCUT2D eigenvalue weighted by molar-refractivity contribution is 0.181. The molecule has 1 N–H and O–H groups in total. The molecule has 1 unspecified atom stereocenters. The van der Waals surface area contributed by atoms with Crippen molar-refractivity contribution in [1.29, 1.82) is 0 Å². The molecule has 0 radical (unpaired) electrons. The summed E-state index contributed by atoms with van der Waals surface area (Å²) < 4.78 is 5.86. The molecule has 0 saturated carbocycles. The van der Waals surface area contributed by atoms with Crippen LogP contribution < -0.4 is 10.1 Å². The van der Waals surface area contributed by atoms with Crippen LogP contribution in [-0.4, -0.2) is 19.7 Å². The third-order valence-electron chi connectivity index (χ3n) is 3.27. The molecule has 1 atom stereocenters. The largest absolute Gasteiger partial charge is 0.492 e. The van der Waals surface area contributed by atoms with Gasteiger partial charge in [-0.15, -0.1) is 0 Å². The number of rotatable bonds is 6. The first-order valence-corrected chi connectivity index (χ1v) is 6.86. The van der Waals surface area contributed by atoms with E-state index in [0.717, 1.165) is 12.2 Å². The van der Waals surface area contributed by atoms with E-state index in [9.17, 15) is 0 Å². The summed E-state index contributed by atoms with van der Waals surface area (Å²) in [7, 11) is 1.99. The van der Waals surface area contributed by atoms with Crippen LogP contribution in [0.4, 0.5) is 0 Å². The van der Waals surface area contributed by atoms with Gasteiger partial charge in [0.2, 0.25) is 0 Å². The van der Waals surface area contributed by atoms with E-state index in [1.807, 2.05) is 7.05 Å². The second-order valence-electron chi connectivity index (χ2n) is 5.91. The first-order valence-electron chi connectivity index (χ1n) is 6.86. The Labute approximate surface area is 112 Å². The molecule has 0 aromatic heterocycles. The Morgan fingerprint density at radius 2 is 1.78 bits per heavy atom. The Kier molecular flexibility index (Phi) is 5.67. The molecule has 0 fully saturated rings. The molecule has 0 aliphatic heterocycles. The fraction of sp³-hybridized carbons (Fsp3) is 0.625. The second-order valence-corrected chi connectivity index (χ2v) is 5.91. The topological polar surface area (TPSA) is 21.3 Å². The minimum atomic E-state index is 0.205. The summed E-state index contributed by atoms with van der Waals surface area (Å²) >= 11 is 0. The number of ether oxygens (including phenoxy) is 1. The maximum Gasteiger partial charge on any atom is 0.119 e. The van der Waals surface area contributed by atoms with Gasteiger partial charge in [0.25, 0.3) is 0 Å². The van der Waals surface area contributed by atoms with Gasteiger partial charge in [0, 0.05) is 6.04 Å². The van der Waals surface area contributed by atoms with Gasteiger partial charge in [-0.2, -0.15) is 0 Å². The van der Waals surface area contributed by atoms with Crippen LogP contribution in [0.25, 0.3) is 0 Å². The van der Waals surface area contributed by atoms with Gasteiger partial charge < -0.3 is 10.1 Å². The monoisotopic (exact) mass is 249 g/mol. The lowest BCUT2D eigenvalue weighted by atomic mass is 9.87. The van der Waals surface area contributed by atoms with Gasteiger partial charge in [-0.05, 0) is 36.6 Å².